The maximum atomic E-state index is 13.4. The smallest absolute Gasteiger partial charge is 0.264 e. The topological polar surface area (TPSA) is 66.9 Å². The number of carbonyl (C=O) groups is 1. The summed E-state index contributed by atoms with van der Waals surface area (Å²) >= 11 is 0. The summed E-state index contributed by atoms with van der Waals surface area (Å²) in [5.74, 6) is 0.499. The number of para-hydroxylation sites is 2. The number of nitrogens with zero attached hydrogens (tertiary/aromatic N) is 2. The third kappa shape index (κ3) is 2.92. The summed E-state index contributed by atoms with van der Waals surface area (Å²) in [6, 6.07) is 11.7. The van der Waals surface area contributed by atoms with Crippen molar-refractivity contribution in [2.24, 2.45) is 0 Å². The van der Waals surface area contributed by atoms with Gasteiger partial charge in [0.05, 0.1) is 36.0 Å². The molecule has 1 heterocycles. The van der Waals surface area contributed by atoms with E-state index >= 15 is 0 Å². The average molecular weight is 374 g/mol. The summed E-state index contributed by atoms with van der Waals surface area (Å²) in [5, 5.41) is 0. The van der Waals surface area contributed by atoms with E-state index in [-0.39, 0.29) is 23.4 Å². The minimum absolute atomic E-state index is 0.109. The number of carbonyl (C=O) groups excluding carboxylic acids is 1. The zero-order valence-electron chi connectivity index (χ0n) is 15.3. The zero-order chi connectivity index (χ0) is 19.1. The normalized spacial score (nSPS) is 17.0. The maximum Gasteiger partial charge on any atom is 0.264 e. The highest BCUT2D eigenvalue weighted by molar-refractivity contribution is 7.93. The van der Waals surface area contributed by atoms with Crippen LogP contribution in [0.15, 0.2) is 47.4 Å². The Hall–Kier alpha value is -2.54. The van der Waals surface area contributed by atoms with Crippen LogP contribution in [0.1, 0.15) is 19.4 Å². The van der Waals surface area contributed by atoms with Crippen molar-refractivity contribution in [1.29, 1.82) is 0 Å². The van der Waals surface area contributed by atoms with Gasteiger partial charge in [-0.2, -0.15) is 0 Å². The molecule has 26 heavy (non-hydrogen) atoms. The molecule has 2 aromatic carbocycles. The molecule has 0 radical (unpaired) electrons. The van der Waals surface area contributed by atoms with Crippen molar-refractivity contribution in [3.63, 3.8) is 0 Å². The molecule has 6 nitrogen and oxygen atoms in total. The van der Waals surface area contributed by atoms with Gasteiger partial charge in [0.25, 0.3) is 10.0 Å². The Morgan fingerprint density at radius 3 is 2.38 bits per heavy atom. The highest BCUT2D eigenvalue weighted by Gasteiger charge is 2.37. The molecule has 3 rings (SSSR count). The van der Waals surface area contributed by atoms with Crippen LogP contribution >= 0.6 is 0 Å². The Kier molecular flexibility index (Phi) is 4.66. The Labute approximate surface area is 154 Å². The molecule has 2 aromatic rings. The Morgan fingerprint density at radius 2 is 1.81 bits per heavy atom. The summed E-state index contributed by atoms with van der Waals surface area (Å²) < 4.78 is 33.3. The molecule has 0 aromatic heterocycles. The lowest BCUT2D eigenvalue weighted by Crippen LogP contribution is -2.51. The molecular formula is C19H22N2O4S. The molecule has 0 unspecified atom stereocenters. The van der Waals surface area contributed by atoms with Crippen LogP contribution in [0.5, 0.6) is 5.75 Å². The minimum Gasteiger partial charge on any atom is -0.497 e. The Balaban J connectivity index is 2.14. The molecule has 0 spiro atoms. The van der Waals surface area contributed by atoms with E-state index in [0.717, 1.165) is 0 Å². The lowest BCUT2D eigenvalue weighted by Gasteiger charge is -2.41. The number of hydrogen-bond acceptors (Lipinski definition) is 4. The molecule has 0 N–H and O–H groups in total. The standard InChI is InChI=1S/C19H22N2O4S/c1-13-11-16(25-4)9-10-19(13)26(23,24)20-12-14(2)21(15(3)22)18-8-6-5-7-17(18)20/h5-11,14H,12H2,1-4H3/t14-/m0/s1. The molecule has 1 amide bonds. The number of amides is 1. The van der Waals surface area contributed by atoms with Crippen LogP contribution < -0.4 is 13.9 Å². The lowest BCUT2D eigenvalue weighted by molar-refractivity contribution is -0.117. The van der Waals surface area contributed by atoms with Crippen molar-refractivity contribution in [1.82, 2.24) is 0 Å². The van der Waals surface area contributed by atoms with Gasteiger partial charge in [-0.15, -0.1) is 0 Å². The third-order valence-electron chi connectivity index (χ3n) is 4.57. The van der Waals surface area contributed by atoms with Gasteiger partial charge in [0.1, 0.15) is 5.75 Å². The summed E-state index contributed by atoms with van der Waals surface area (Å²) in [5.41, 5.74) is 1.73. The maximum absolute atomic E-state index is 13.4. The van der Waals surface area contributed by atoms with Gasteiger partial charge in [0.2, 0.25) is 5.91 Å². The van der Waals surface area contributed by atoms with Gasteiger partial charge in [0.15, 0.2) is 0 Å². The first kappa shape index (κ1) is 18.3. The highest BCUT2D eigenvalue weighted by Crippen LogP contribution is 2.39. The van der Waals surface area contributed by atoms with Crippen LogP contribution in [0.25, 0.3) is 0 Å². The number of sulfonamides is 1. The quantitative estimate of drug-likeness (QED) is 0.828. The largest absolute Gasteiger partial charge is 0.497 e. The van der Waals surface area contributed by atoms with E-state index < -0.39 is 10.0 Å². The molecule has 138 valence electrons. The van der Waals surface area contributed by atoms with E-state index in [0.29, 0.717) is 22.7 Å². The van der Waals surface area contributed by atoms with Gasteiger partial charge in [-0.25, -0.2) is 8.42 Å². The summed E-state index contributed by atoms with van der Waals surface area (Å²) in [7, 11) is -2.23. The van der Waals surface area contributed by atoms with Crippen molar-refractivity contribution < 1.29 is 17.9 Å². The second kappa shape index (κ2) is 6.64. The molecule has 1 aliphatic rings. The van der Waals surface area contributed by atoms with E-state index in [1.807, 2.05) is 6.92 Å². The van der Waals surface area contributed by atoms with Gasteiger partial charge in [-0.3, -0.25) is 9.10 Å². The van der Waals surface area contributed by atoms with Crippen molar-refractivity contribution in [2.45, 2.75) is 31.7 Å². The van der Waals surface area contributed by atoms with Crippen molar-refractivity contribution in [3.05, 3.63) is 48.0 Å². The Morgan fingerprint density at radius 1 is 1.15 bits per heavy atom. The van der Waals surface area contributed by atoms with Crippen LogP contribution in [0, 0.1) is 6.92 Å². The van der Waals surface area contributed by atoms with Crippen LogP contribution in [-0.2, 0) is 14.8 Å². The fourth-order valence-electron chi connectivity index (χ4n) is 3.40. The van der Waals surface area contributed by atoms with Crippen LogP contribution in [-0.4, -0.2) is 34.0 Å². The van der Waals surface area contributed by atoms with E-state index in [2.05, 4.69) is 0 Å². The Bertz CT molecular complexity index is 956. The second-order valence-corrected chi connectivity index (χ2v) is 8.23. The van der Waals surface area contributed by atoms with Crippen LogP contribution in [0.3, 0.4) is 0 Å². The van der Waals surface area contributed by atoms with E-state index in [4.69, 9.17) is 4.74 Å². The minimum atomic E-state index is -3.77. The number of aryl methyl sites for hydroxylation is 1. The second-order valence-electron chi connectivity index (χ2n) is 6.39. The fraction of sp³-hybridized carbons (Fsp3) is 0.316. The first-order valence-electron chi connectivity index (χ1n) is 8.33. The van der Waals surface area contributed by atoms with Gasteiger partial charge >= 0.3 is 0 Å². The number of hydrogen-bond donors (Lipinski definition) is 0. The van der Waals surface area contributed by atoms with E-state index in [1.54, 1.807) is 61.4 Å². The molecule has 0 saturated heterocycles. The number of anilines is 2. The monoisotopic (exact) mass is 374 g/mol. The number of methoxy groups -OCH3 is 1. The van der Waals surface area contributed by atoms with Crippen molar-refractivity contribution in [2.75, 3.05) is 22.9 Å². The lowest BCUT2D eigenvalue weighted by atomic mass is 10.1. The molecule has 1 aliphatic heterocycles. The highest BCUT2D eigenvalue weighted by atomic mass is 32.2. The van der Waals surface area contributed by atoms with Gasteiger partial charge in [-0.05, 0) is 49.7 Å². The first-order valence-corrected chi connectivity index (χ1v) is 9.77. The fourth-order valence-corrected chi connectivity index (χ4v) is 5.17. The molecule has 1 atom stereocenters. The summed E-state index contributed by atoms with van der Waals surface area (Å²) in [6.45, 7) is 5.28. The van der Waals surface area contributed by atoms with Crippen molar-refractivity contribution in [3.8, 4) is 5.75 Å². The molecule has 7 heteroatoms. The van der Waals surface area contributed by atoms with Crippen molar-refractivity contribution >= 4 is 27.3 Å². The average Bonchev–Trinajstić information content (AvgIpc) is 2.60. The van der Waals surface area contributed by atoms with Crippen LogP contribution in [0.4, 0.5) is 11.4 Å². The van der Waals surface area contributed by atoms with Gasteiger partial charge < -0.3 is 9.64 Å². The van der Waals surface area contributed by atoms with E-state index in [9.17, 15) is 13.2 Å². The molecule has 0 fully saturated rings. The SMILES string of the molecule is COc1ccc(S(=O)(=O)N2C[C@H](C)N(C(C)=O)c3ccccc32)c(C)c1. The van der Waals surface area contributed by atoms with Gasteiger partial charge in [-0.1, -0.05) is 12.1 Å². The zero-order valence-corrected chi connectivity index (χ0v) is 16.1. The predicted octanol–water partition coefficient (Wildman–Crippen LogP) is 2.95. The molecular weight excluding hydrogens is 352 g/mol. The summed E-state index contributed by atoms with van der Waals surface area (Å²) in [6.07, 6.45) is 0. The molecule has 0 bridgehead atoms. The molecule has 0 aliphatic carbocycles. The number of fused-ring (bicyclic) bond motifs is 1. The summed E-state index contributed by atoms with van der Waals surface area (Å²) in [4.78, 5) is 13.9. The number of benzene rings is 2. The van der Waals surface area contributed by atoms with Gasteiger partial charge in [0, 0.05) is 6.92 Å². The number of rotatable bonds is 3. The van der Waals surface area contributed by atoms with Crippen LogP contribution in [0.2, 0.25) is 0 Å². The number of ether oxygens (including phenoxy) is 1. The first-order chi connectivity index (χ1) is 12.3. The predicted molar refractivity (Wildman–Crippen MR) is 101 cm³/mol. The molecule has 0 saturated carbocycles. The van der Waals surface area contributed by atoms with E-state index in [1.165, 1.54) is 11.2 Å². The third-order valence-corrected chi connectivity index (χ3v) is 6.51.